The number of aromatic nitrogens is 2. The maximum absolute atomic E-state index is 9.00. The van der Waals surface area contributed by atoms with Crippen LogP contribution in [-0.2, 0) is 7.05 Å². The van der Waals surface area contributed by atoms with Gasteiger partial charge in [0.25, 0.3) is 0 Å². The van der Waals surface area contributed by atoms with E-state index in [1.54, 1.807) is 0 Å². The molecule has 0 amide bonds. The van der Waals surface area contributed by atoms with Gasteiger partial charge in [-0.05, 0) is 6.42 Å². The second-order valence-electron chi connectivity index (χ2n) is 3.62. The molecule has 13 heavy (non-hydrogen) atoms. The summed E-state index contributed by atoms with van der Waals surface area (Å²) < 4.78 is 2.01. The first-order chi connectivity index (χ1) is 6.31. The zero-order chi connectivity index (χ0) is 9.26. The van der Waals surface area contributed by atoms with Crippen LogP contribution in [0.1, 0.15) is 6.42 Å². The smallest absolute Gasteiger partial charge is 0.205 e. The molecule has 0 spiro atoms. The number of rotatable bonds is 2. The van der Waals surface area contributed by atoms with Crippen molar-refractivity contribution in [2.24, 2.45) is 13.0 Å². The summed E-state index contributed by atoms with van der Waals surface area (Å²) in [5.74, 6) is 1.44. The normalized spacial score (nSPS) is 22.6. The minimum absolute atomic E-state index is 0.293. The van der Waals surface area contributed by atoms with Crippen molar-refractivity contribution < 1.29 is 5.11 Å². The van der Waals surface area contributed by atoms with E-state index >= 15 is 0 Å². The highest BCUT2D eigenvalue weighted by Gasteiger charge is 2.23. The Kier molecular flexibility index (Phi) is 2.22. The van der Waals surface area contributed by atoms with Crippen LogP contribution in [0.2, 0.25) is 0 Å². The van der Waals surface area contributed by atoms with Crippen molar-refractivity contribution in [3.05, 3.63) is 12.4 Å². The molecule has 1 aliphatic rings. The first-order valence-corrected chi connectivity index (χ1v) is 4.64. The Bertz CT molecular complexity index is 284. The van der Waals surface area contributed by atoms with Crippen LogP contribution in [0.3, 0.4) is 0 Å². The summed E-state index contributed by atoms with van der Waals surface area (Å²) in [6.45, 7) is 2.23. The standard InChI is InChI=1S/C9H15N3O/c1-11-5-3-10-9(11)12-4-2-8(6-12)7-13/h3,5,8,13H,2,4,6-7H2,1H3. The molecule has 2 heterocycles. The van der Waals surface area contributed by atoms with Gasteiger partial charge in [0.1, 0.15) is 0 Å². The average Bonchev–Trinajstić information content (AvgIpc) is 2.71. The second kappa shape index (κ2) is 3.38. The van der Waals surface area contributed by atoms with Gasteiger partial charge in [0, 0.05) is 45.1 Å². The van der Waals surface area contributed by atoms with Gasteiger partial charge in [0.15, 0.2) is 0 Å². The summed E-state index contributed by atoms with van der Waals surface area (Å²) in [5.41, 5.74) is 0. The molecule has 1 unspecified atom stereocenters. The molecule has 1 aromatic rings. The first kappa shape index (κ1) is 8.56. The number of nitrogens with zero attached hydrogens (tertiary/aromatic N) is 3. The predicted molar refractivity (Wildman–Crippen MR) is 50.6 cm³/mol. The maximum Gasteiger partial charge on any atom is 0.205 e. The Morgan fingerprint density at radius 2 is 2.54 bits per heavy atom. The Morgan fingerprint density at radius 1 is 1.69 bits per heavy atom. The van der Waals surface area contributed by atoms with Crippen LogP contribution in [0, 0.1) is 5.92 Å². The van der Waals surface area contributed by atoms with Crippen molar-refractivity contribution in [3.8, 4) is 0 Å². The van der Waals surface area contributed by atoms with Gasteiger partial charge in [0.2, 0.25) is 5.95 Å². The molecule has 1 atom stereocenters. The van der Waals surface area contributed by atoms with E-state index in [1.165, 1.54) is 0 Å². The Labute approximate surface area is 77.8 Å². The molecule has 0 radical (unpaired) electrons. The third kappa shape index (κ3) is 1.54. The van der Waals surface area contributed by atoms with Gasteiger partial charge in [-0.3, -0.25) is 0 Å². The molecule has 0 bridgehead atoms. The largest absolute Gasteiger partial charge is 0.396 e. The fraction of sp³-hybridized carbons (Fsp3) is 0.667. The van der Waals surface area contributed by atoms with E-state index in [-0.39, 0.29) is 0 Å². The zero-order valence-electron chi connectivity index (χ0n) is 7.85. The summed E-state index contributed by atoms with van der Waals surface area (Å²) >= 11 is 0. The van der Waals surface area contributed by atoms with Crippen molar-refractivity contribution in [2.75, 3.05) is 24.6 Å². The fourth-order valence-corrected chi connectivity index (χ4v) is 1.83. The third-order valence-electron chi connectivity index (χ3n) is 2.62. The molecular formula is C9H15N3O. The highest BCUT2D eigenvalue weighted by molar-refractivity contribution is 5.32. The summed E-state index contributed by atoms with van der Waals surface area (Å²) in [7, 11) is 1.99. The minimum atomic E-state index is 0.293. The lowest BCUT2D eigenvalue weighted by Crippen LogP contribution is -2.23. The topological polar surface area (TPSA) is 41.3 Å². The van der Waals surface area contributed by atoms with Crippen LogP contribution in [0.25, 0.3) is 0 Å². The van der Waals surface area contributed by atoms with Crippen LogP contribution in [0.5, 0.6) is 0 Å². The summed E-state index contributed by atoms with van der Waals surface area (Å²) in [6.07, 6.45) is 4.83. The van der Waals surface area contributed by atoms with Crippen molar-refractivity contribution >= 4 is 5.95 Å². The molecule has 4 nitrogen and oxygen atoms in total. The van der Waals surface area contributed by atoms with Crippen molar-refractivity contribution in [1.82, 2.24) is 9.55 Å². The van der Waals surface area contributed by atoms with E-state index in [0.29, 0.717) is 12.5 Å². The number of hydrogen-bond donors (Lipinski definition) is 1. The van der Waals surface area contributed by atoms with Crippen LogP contribution < -0.4 is 4.90 Å². The van der Waals surface area contributed by atoms with E-state index in [4.69, 9.17) is 5.11 Å². The number of imidazole rings is 1. The third-order valence-corrected chi connectivity index (χ3v) is 2.62. The summed E-state index contributed by atoms with van der Waals surface area (Å²) in [5, 5.41) is 9.00. The Balaban J connectivity index is 2.08. The van der Waals surface area contributed by atoms with Crippen molar-refractivity contribution in [3.63, 3.8) is 0 Å². The highest BCUT2D eigenvalue weighted by atomic mass is 16.3. The van der Waals surface area contributed by atoms with E-state index < -0.39 is 0 Å². The Hall–Kier alpha value is -1.03. The molecule has 1 N–H and O–H groups in total. The van der Waals surface area contributed by atoms with Gasteiger partial charge in [-0.15, -0.1) is 0 Å². The van der Waals surface area contributed by atoms with Gasteiger partial charge < -0.3 is 14.6 Å². The summed E-state index contributed by atoms with van der Waals surface area (Å²) in [4.78, 5) is 6.50. The lowest BCUT2D eigenvalue weighted by atomic mass is 10.1. The molecule has 0 saturated carbocycles. The molecule has 1 fully saturated rings. The van der Waals surface area contributed by atoms with Gasteiger partial charge >= 0.3 is 0 Å². The molecule has 72 valence electrons. The predicted octanol–water partition coefficient (Wildman–Crippen LogP) is 0.239. The molecule has 1 aromatic heterocycles. The second-order valence-corrected chi connectivity index (χ2v) is 3.62. The highest BCUT2D eigenvalue weighted by Crippen LogP contribution is 2.20. The first-order valence-electron chi connectivity index (χ1n) is 4.64. The van der Waals surface area contributed by atoms with E-state index in [9.17, 15) is 0 Å². The van der Waals surface area contributed by atoms with Crippen LogP contribution in [-0.4, -0.2) is 34.4 Å². The minimum Gasteiger partial charge on any atom is -0.396 e. The number of anilines is 1. The lowest BCUT2D eigenvalue weighted by molar-refractivity contribution is 0.238. The van der Waals surface area contributed by atoms with E-state index in [2.05, 4.69) is 9.88 Å². The van der Waals surface area contributed by atoms with Gasteiger partial charge in [-0.2, -0.15) is 0 Å². The fourth-order valence-electron chi connectivity index (χ4n) is 1.83. The molecule has 4 heteroatoms. The molecule has 2 rings (SSSR count). The van der Waals surface area contributed by atoms with Crippen molar-refractivity contribution in [2.45, 2.75) is 6.42 Å². The molecule has 0 aromatic carbocycles. The quantitative estimate of drug-likeness (QED) is 0.710. The Morgan fingerprint density at radius 3 is 3.08 bits per heavy atom. The van der Waals surface area contributed by atoms with Gasteiger partial charge in [-0.1, -0.05) is 0 Å². The van der Waals surface area contributed by atoms with E-state index in [0.717, 1.165) is 25.5 Å². The maximum atomic E-state index is 9.00. The number of aryl methyl sites for hydroxylation is 1. The molecule has 1 aliphatic heterocycles. The molecule has 0 aliphatic carbocycles. The summed E-state index contributed by atoms with van der Waals surface area (Å²) in [6, 6.07) is 0. The number of aliphatic hydroxyl groups excluding tert-OH is 1. The number of aliphatic hydroxyl groups is 1. The monoisotopic (exact) mass is 181 g/mol. The van der Waals surface area contributed by atoms with Crippen LogP contribution in [0.15, 0.2) is 12.4 Å². The van der Waals surface area contributed by atoms with Crippen LogP contribution >= 0.6 is 0 Å². The van der Waals surface area contributed by atoms with Gasteiger partial charge in [0.05, 0.1) is 0 Å². The zero-order valence-corrected chi connectivity index (χ0v) is 7.85. The SMILES string of the molecule is Cn1ccnc1N1CCC(CO)C1. The van der Waals surface area contributed by atoms with Gasteiger partial charge in [-0.25, -0.2) is 4.98 Å². The average molecular weight is 181 g/mol. The number of hydrogen-bond acceptors (Lipinski definition) is 3. The van der Waals surface area contributed by atoms with Crippen LogP contribution in [0.4, 0.5) is 5.95 Å². The molecule has 1 saturated heterocycles. The van der Waals surface area contributed by atoms with Crippen molar-refractivity contribution in [1.29, 1.82) is 0 Å². The lowest BCUT2D eigenvalue weighted by Gasteiger charge is -2.16. The molecular weight excluding hydrogens is 166 g/mol. The van der Waals surface area contributed by atoms with E-state index in [1.807, 2.05) is 24.0 Å².